The van der Waals surface area contributed by atoms with Crippen molar-refractivity contribution in [2.45, 2.75) is 63.7 Å². The maximum Gasteiger partial charge on any atom is 0.311 e. The van der Waals surface area contributed by atoms with Crippen LogP contribution in [0.3, 0.4) is 0 Å². The average molecular weight is 354 g/mol. The molecule has 0 saturated carbocycles. The third-order valence-electron chi connectivity index (χ3n) is 5.91. The van der Waals surface area contributed by atoms with E-state index in [1.807, 2.05) is 6.07 Å². The Morgan fingerprint density at radius 1 is 1.04 bits per heavy atom. The third-order valence-corrected chi connectivity index (χ3v) is 5.91. The Bertz CT molecular complexity index is 836. The van der Waals surface area contributed by atoms with Crippen LogP contribution in [-0.4, -0.2) is 11.1 Å². The van der Waals surface area contributed by atoms with E-state index in [1.165, 1.54) is 23.3 Å². The van der Waals surface area contributed by atoms with Gasteiger partial charge in [-0.25, -0.2) is 4.39 Å². The average Bonchev–Trinajstić information content (AvgIpc) is 2.56. The van der Waals surface area contributed by atoms with Crippen molar-refractivity contribution < 1.29 is 14.3 Å². The Kier molecular flexibility index (Phi) is 4.68. The van der Waals surface area contributed by atoms with E-state index < -0.39 is 11.9 Å². The van der Waals surface area contributed by atoms with Crippen molar-refractivity contribution in [3.63, 3.8) is 0 Å². The molecule has 26 heavy (non-hydrogen) atoms. The molecule has 0 fully saturated rings. The highest BCUT2D eigenvalue weighted by atomic mass is 19.1. The predicted molar refractivity (Wildman–Crippen MR) is 102 cm³/mol. The minimum Gasteiger partial charge on any atom is -0.481 e. The fourth-order valence-corrected chi connectivity index (χ4v) is 4.07. The van der Waals surface area contributed by atoms with E-state index >= 15 is 0 Å². The summed E-state index contributed by atoms with van der Waals surface area (Å²) in [5.74, 6) is -1.88. The molecule has 1 unspecified atom stereocenters. The molecule has 0 amide bonds. The molecule has 3 heteroatoms. The van der Waals surface area contributed by atoms with Gasteiger partial charge in [-0.05, 0) is 64.5 Å². The fourth-order valence-electron chi connectivity index (χ4n) is 4.07. The van der Waals surface area contributed by atoms with Gasteiger partial charge in [0.2, 0.25) is 0 Å². The first-order valence-corrected chi connectivity index (χ1v) is 9.22. The standard InChI is InChI=1S/C23H27FO2/c1-22(2)10-11-23(3,4)20-14-16(8-9-19(20)22)18(21(25)26)13-15-6-5-7-17(24)12-15/h5-9,12,14,18H,10-11,13H2,1-4H3,(H,25,26). The highest BCUT2D eigenvalue weighted by Gasteiger charge is 2.37. The molecule has 1 N–H and O–H groups in total. The molecular weight excluding hydrogens is 327 g/mol. The summed E-state index contributed by atoms with van der Waals surface area (Å²) in [6, 6.07) is 12.3. The van der Waals surface area contributed by atoms with E-state index in [0.29, 0.717) is 5.56 Å². The maximum atomic E-state index is 13.5. The molecule has 2 aromatic rings. The smallest absolute Gasteiger partial charge is 0.311 e. The van der Waals surface area contributed by atoms with Gasteiger partial charge in [-0.3, -0.25) is 4.79 Å². The van der Waals surface area contributed by atoms with Gasteiger partial charge < -0.3 is 5.11 Å². The number of carboxylic acids is 1. The van der Waals surface area contributed by atoms with Crippen molar-refractivity contribution in [1.29, 1.82) is 0 Å². The number of carboxylic acid groups (broad SMARTS) is 1. The van der Waals surface area contributed by atoms with Crippen LogP contribution < -0.4 is 0 Å². The lowest BCUT2D eigenvalue weighted by molar-refractivity contribution is -0.138. The first-order chi connectivity index (χ1) is 12.1. The predicted octanol–water partition coefficient (Wildman–Crippen LogP) is 5.59. The van der Waals surface area contributed by atoms with Gasteiger partial charge in [0.15, 0.2) is 0 Å². The molecule has 2 aromatic carbocycles. The quantitative estimate of drug-likeness (QED) is 0.777. The number of rotatable bonds is 4. The van der Waals surface area contributed by atoms with E-state index in [-0.39, 0.29) is 23.1 Å². The molecule has 0 saturated heterocycles. The van der Waals surface area contributed by atoms with Gasteiger partial charge in [-0.1, -0.05) is 58.0 Å². The molecule has 0 spiro atoms. The van der Waals surface area contributed by atoms with Crippen LogP contribution in [0.5, 0.6) is 0 Å². The largest absolute Gasteiger partial charge is 0.481 e. The molecule has 1 atom stereocenters. The maximum absolute atomic E-state index is 13.5. The summed E-state index contributed by atoms with van der Waals surface area (Å²) in [4.78, 5) is 12.0. The van der Waals surface area contributed by atoms with Crippen LogP contribution in [0.1, 0.15) is 68.7 Å². The van der Waals surface area contributed by atoms with E-state index in [4.69, 9.17) is 0 Å². The van der Waals surface area contributed by atoms with Crippen molar-refractivity contribution >= 4 is 5.97 Å². The zero-order valence-electron chi connectivity index (χ0n) is 16.0. The highest BCUT2D eigenvalue weighted by Crippen LogP contribution is 2.46. The molecule has 0 heterocycles. The van der Waals surface area contributed by atoms with E-state index in [9.17, 15) is 14.3 Å². The van der Waals surface area contributed by atoms with Gasteiger partial charge in [0.25, 0.3) is 0 Å². The molecule has 0 aromatic heterocycles. The summed E-state index contributed by atoms with van der Waals surface area (Å²) in [5.41, 5.74) is 4.19. The van der Waals surface area contributed by atoms with Crippen molar-refractivity contribution in [1.82, 2.24) is 0 Å². The van der Waals surface area contributed by atoms with Crippen molar-refractivity contribution in [3.8, 4) is 0 Å². The van der Waals surface area contributed by atoms with Gasteiger partial charge in [0.05, 0.1) is 5.92 Å². The van der Waals surface area contributed by atoms with Crippen LogP contribution in [0.4, 0.5) is 4.39 Å². The van der Waals surface area contributed by atoms with Crippen LogP contribution in [0.25, 0.3) is 0 Å². The van der Waals surface area contributed by atoms with E-state index in [0.717, 1.165) is 18.4 Å². The van der Waals surface area contributed by atoms with Crippen LogP contribution in [0.2, 0.25) is 0 Å². The van der Waals surface area contributed by atoms with Crippen LogP contribution in [0, 0.1) is 5.82 Å². The fraction of sp³-hybridized carbons (Fsp3) is 0.435. The normalized spacial score (nSPS) is 18.8. The molecule has 0 aliphatic heterocycles. The molecule has 0 bridgehead atoms. The summed E-state index contributed by atoms with van der Waals surface area (Å²) in [6.45, 7) is 8.96. The Morgan fingerprint density at radius 2 is 1.69 bits per heavy atom. The third kappa shape index (κ3) is 3.53. The van der Waals surface area contributed by atoms with Crippen molar-refractivity contribution in [2.24, 2.45) is 0 Å². The van der Waals surface area contributed by atoms with Gasteiger partial charge in [0, 0.05) is 0 Å². The Balaban J connectivity index is 2.02. The molecule has 3 rings (SSSR count). The van der Waals surface area contributed by atoms with Gasteiger partial charge in [-0.15, -0.1) is 0 Å². The molecule has 1 aliphatic rings. The lowest BCUT2D eigenvalue weighted by Gasteiger charge is -2.42. The highest BCUT2D eigenvalue weighted by molar-refractivity contribution is 5.77. The van der Waals surface area contributed by atoms with Gasteiger partial charge >= 0.3 is 5.97 Å². The summed E-state index contributed by atoms with van der Waals surface area (Å²) in [5, 5.41) is 9.80. The number of benzene rings is 2. The van der Waals surface area contributed by atoms with Crippen molar-refractivity contribution in [2.75, 3.05) is 0 Å². The molecule has 1 aliphatic carbocycles. The summed E-state index contributed by atoms with van der Waals surface area (Å²) >= 11 is 0. The number of hydrogen-bond donors (Lipinski definition) is 1. The molecular formula is C23H27FO2. The number of halogens is 1. The second-order valence-corrected chi connectivity index (χ2v) is 8.80. The Labute approximate surface area is 155 Å². The Hall–Kier alpha value is -2.16. The van der Waals surface area contributed by atoms with Crippen LogP contribution >= 0.6 is 0 Å². The van der Waals surface area contributed by atoms with Crippen LogP contribution in [0.15, 0.2) is 42.5 Å². The van der Waals surface area contributed by atoms with E-state index in [2.05, 4.69) is 39.8 Å². The van der Waals surface area contributed by atoms with Crippen molar-refractivity contribution in [3.05, 3.63) is 70.5 Å². The number of aliphatic carboxylic acids is 1. The monoisotopic (exact) mass is 354 g/mol. The zero-order valence-corrected chi connectivity index (χ0v) is 16.0. The summed E-state index contributed by atoms with van der Waals surface area (Å²) in [6.07, 6.45) is 2.49. The SMILES string of the molecule is CC1(C)CCC(C)(C)c2cc(C(Cc3cccc(F)c3)C(=O)O)ccc21. The number of fused-ring (bicyclic) bond motifs is 1. The first kappa shape index (κ1) is 18.6. The number of carbonyl (C=O) groups is 1. The van der Waals surface area contributed by atoms with Gasteiger partial charge in [0.1, 0.15) is 5.82 Å². The van der Waals surface area contributed by atoms with Crippen LogP contribution in [-0.2, 0) is 22.0 Å². The second-order valence-electron chi connectivity index (χ2n) is 8.80. The lowest BCUT2D eigenvalue weighted by Crippen LogP contribution is -2.34. The first-order valence-electron chi connectivity index (χ1n) is 9.22. The Morgan fingerprint density at radius 3 is 2.31 bits per heavy atom. The van der Waals surface area contributed by atoms with E-state index in [1.54, 1.807) is 12.1 Å². The lowest BCUT2D eigenvalue weighted by atomic mass is 9.62. The minimum absolute atomic E-state index is 0.0305. The second kappa shape index (κ2) is 6.53. The number of hydrogen-bond acceptors (Lipinski definition) is 1. The summed E-state index contributed by atoms with van der Waals surface area (Å²) in [7, 11) is 0. The summed E-state index contributed by atoms with van der Waals surface area (Å²) < 4.78 is 13.5. The zero-order chi connectivity index (χ0) is 19.1. The van der Waals surface area contributed by atoms with Gasteiger partial charge in [-0.2, -0.15) is 0 Å². The molecule has 2 nitrogen and oxygen atoms in total. The molecule has 0 radical (unpaired) electrons. The minimum atomic E-state index is -0.873. The topological polar surface area (TPSA) is 37.3 Å². The molecule has 138 valence electrons.